The molecule has 1 aromatic carbocycles. The molecular formula is C16H16FN3. The van der Waals surface area contributed by atoms with E-state index in [2.05, 4.69) is 34.7 Å². The van der Waals surface area contributed by atoms with E-state index in [0.717, 1.165) is 13.1 Å². The normalized spacial score (nSPS) is 18.6. The molecule has 20 heavy (non-hydrogen) atoms. The summed E-state index contributed by atoms with van der Waals surface area (Å²) in [5.74, 6) is -0.239. The summed E-state index contributed by atoms with van der Waals surface area (Å²) >= 11 is 0. The minimum Gasteiger partial charge on any atom is -0.349 e. The van der Waals surface area contributed by atoms with Gasteiger partial charge >= 0.3 is 0 Å². The van der Waals surface area contributed by atoms with Gasteiger partial charge in [-0.3, -0.25) is 4.90 Å². The van der Waals surface area contributed by atoms with Crippen molar-refractivity contribution in [3.05, 3.63) is 59.2 Å². The molecular weight excluding hydrogens is 253 g/mol. The highest BCUT2D eigenvalue weighted by Gasteiger charge is 2.24. The van der Waals surface area contributed by atoms with Crippen LogP contribution in [0.25, 0.3) is 0 Å². The van der Waals surface area contributed by atoms with E-state index in [1.54, 1.807) is 6.07 Å². The Morgan fingerprint density at radius 1 is 1.35 bits per heavy atom. The first-order chi connectivity index (χ1) is 9.69. The van der Waals surface area contributed by atoms with Gasteiger partial charge in [0.1, 0.15) is 5.82 Å². The Morgan fingerprint density at radius 2 is 2.20 bits per heavy atom. The second-order valence-electron chi connectivity index (χ2n) is 5.19. The first kappa shape index (κ1) is 12.9. The summed E-state index contributed by atoms with van der Waals surface area (Å²) in [5.41, 5.74) is 2.36. The molecule has 3 rings (SSSR count). The number of nitrogens with zero attached hydrogens (tertiary/aromatic N) is 3. The van der Waals surface area contributed by atoms with E-state index in [1.807, 2.05) is 6.07 Å². The van der Waals surface area contributed by atoms with Gasteiger partial charge in [-0.1, -0.05) is 0 Å². The summed E-state index contributed by atoms with van der Waals surface area (Å²) in [7, 11) is 0. The van der Waals surface area contributed by atoms with Gasteiger partial charge in [0.15, 0.2) is 0 Å². The molecule has 1 aliphatic heterocycles. The van der Waals surface area contributed by atoms with Crippen molar-refractivity contribution in [2.24, 2.45) is 0 Å². The second-order valence-corrected chi connectivity index (χ2v) is 5.19. The van der Waals surface area contributed by atoms with Crippen molar-refractivity contribution < 1.29 is 4.39 Å². The smallest absolute Gasteiger partial charge is 0.127 e. The van der Waals surface area contributed by atoms with Crippen molar-refractivity contribution in [1.29, 1.82) is 5.26 Å². The fourth-order valence-corrected chi connectivity index (χ4v) is 2.83. The first-order valence-electron chi connectivity index (χ1n) is 6.76. The number of aromatic nitrogens is 1. The van der Waals surface area contributed by atoms with Crippen molar-refractivity contribution >= 4 is 0 Å². The van der Waals surface area contributed by atoms with Crippen LogP contribution in [0.4, 0.5) is 4.39 Å². The van der Waals surface area contributed by atoms with Crippen LogP contribution >= 0.6 is 0 Å². The average molecular weight is 269 g/mol. The molecule has 0 spiro atoms. The molecule has 0 unspecified atom stereocenters. The van der Waals surface area contributed by atoms with Crippen LogP contribution < -0.4 is 0 Å². The summed E-state index contributed by atoms with van der Waals surface area (Å²) in [4.78, 5) is 2.24. The number of rotatable bonds is 2. The van der Waals surface area contributed by atoms with Crippen molar-refractivity contribution in [2.75, 3.05) is 6.54 Å². The van der Waals surface area contributed by atoms with Crippen molar-refractivity contribution in [3.8, 4) is 6.07 Å². The Hall–Kier alpha value is -2.12. The van der Waals surface area contributed by atoms with Crippen LogP contribution in [0.3, 0.4) is 0 Å². The lowest BCUT2D eigenvalue weighted by Gasteiger charge is -2.35. The third-order valence-electron chi connectivity index (χ3n) is 4.02. The largest absolute Gasteiger partial charge is 0.349 e. The zero-order valence-corrected chi connectivity index (χ0v) is 11.4. The lowest BCUT2D eigenvalue weighted by atomic mass is 10.1. The highest BCUT2D eigenvalue weighted by Crippen LogP contribution is 2.27. The first-order valence-corrected chi connectivity index (χ1v) is 6.76. The summed E-state index contributed by atoms with van der Waals surface area (Å²) in [5, 5.41) is 8.92. The molecule has 1 atom stereocenters. The van der Waals surface area contributed by atoms with E-state index >= 15 is 0 Å². The molecule has 0 saturated carbocycles. The molecule has 1 aromatic heterocycles. The van der Waals surface area contributed by atoms with Crippen LogP contribution in [-0.4, -0.2) is 16.0 Å². The Labute approximate surface area is 117 Å². The quantitative estimate of drug-likeness (QED) is 0.839. The molecule has 0 aliphatic carbocycles. The number of hydrogen-bond donors (Lipinski definition) is 0. The Kier molecular flexibility index (Phi) is 3.29. The Bertz CT molecular complexity index is 669. The van der Waals surface area contributed by atoms with Crippen molar-refractivity contribution in [3.63, 3.8) is 0 Å². The van der Waals surface area contributed by atoms with Gasteiger partial charge in [0.25, 0.3) is 0 Å². The van der Waals surface area contributed by atoms with Gasteiger partial charge in [-0.05, 0) is 37.3 Å². The number of fused-ring (bicyclic) bond motifs is 1. The molecule has 1 aliphatic rings. The predicted molar refractivity (Wildman–Crippen MR) is 74.4 cm³/mol. The third-order valence-corrected chi connectivity index (χ3v) is 4.02. The molecule has 0 bridgehead atoms. The SMILES string of the molecule is C[C@H]1c2cccn2CCN1Cc1cc(C#N)ccc1F. The van der Waals surface area contributed by atoms with Gasteiger partial charge in [0.2, 0.25) is 0 Å². The van der Waals surface area contributed by atoms with Crippen LogP contribution in [0.5, 0.6) is 0 Å². The lowest BCUT2D eigenvalue weighted by Crippen LogP contribution is -2.36. The lowest BCUT2D eigenvalue weighted by molar-refractivity contribution is 0.159. The van der Waals surface area contributed by atoms with Gasteiger partial charge in [0, 0.05) is 43.1 Å². The number of halogens is 1. The highest BCUT2D eigenvalue weighted by atomic mass is 19.1. The number of nitriles is 1. The number of hydrogen-bond acceptors (Lipinski definition) is 2. The van der Waals surface area contributed by atoms with E-state index in [-0.39, 0.29) is 11.9 Å². The molecule has 2 heterocycles. The van der Waals surface area contributed by atoms with E-state index in [1.165, 1.54) is 17.8 Å². The van der Waals surface area contributed by atoms with Crippen LogP contribution in [0.15, 0.2) is 36.5 Å². The van der Waals surface area contributed by atoms with Gasteiger partial charge in [-0.2, -0.15) is 5.26 Å². The molecule has 2 aromatic rings. The fraction of sp³-hybridized carbons (Fsp3) is 0.312. The van der Waals surface area contributed by atoms with Gasteiger partial charge < -0.3 is 4.57 Å². The highest BCUT2D eigenvalue weighted by molar-refractivity contribution is 5.34. The molecule has 0 N–H and O–H groups in total. The van der Waals surface area contributed by atoms with Crippen LogP contribution in [0.2, 0.25) is 0 Å². The van der Waals surface area contributed by atoms with Gasteiger partial charge in [-0.25, -0.2) is 4.39 Å². The van der Waals surface area contributed by atoms with Crippen LogP contribution in [0.1, 0.15) is 29.8 Å². The molecule has 4 heteroatoms. The van der Waals surface area contributed by atoms with Gasteiger partial charge in [0.05, 0.1) is 11.6 Å². The zero-order chi connectivity index (χ0) is 14.1. The predicted octanol–water partition coefficient (Wildman–Crippen LogP) is 3.08. The minimum atomic E-state index is -0.239. The monoisotopic (exact) mass is 269 g/mol. The standard InChI is InChI=1S/C16H16FN3/c1-12-16-3-2-6-19(16)7-8-20(12)11-14-9-13(10-18)4-5-15(14)17/h2-6,9,12H,7-8,11H2,1H3/t12-/m0/s1. The Morgan fingerprint density at radius 3 is 3.00 bits per heavy atom. The van der Waals surface area contributed by atoms with Crippen LogP contribution in [0, 0.1) is 17.1 Å². The maximum absolute atomic E-state index is 13.9. The molecule has 0 amide bonds. The minimum absolute atomic E-state index is 0.239. The third kappa shape index (κ3) is 2.21. The topological polar surface area (TPSA) is 32.0 Å². The molecule has 0 radical (unpaired) electrons. The van der Waals surface area contributed by atoms with E-state index in [0.29, 0.717) is 17.7 Å². The summed E-state index contributed by atoms with van der Waals surface area (Å²) in [6.07, 6.45) is 2.08. The fourth-order valence-electron chi connectivity index (χ4n) is 2.83. The molecule has 3 nitrogen and oxygen atoms in total. The average Bonchev–Trinajstić information content (AvgIpc) is 2.93. The zero-order valence-electron chi connectivity index (χ0n) is 11.4. The van der Waals surface area contributed by atoms with E-state index in [4.69, 9.17) is 5.26 Å². The maximum Gasteiger partial charge on any atom is 0.127 e. The number of benzene rings is 1. The van der Waals surface area contributed by atoms with Crippen molar-refractivity contribution in [2.45, 2.75) is 26.1 Å². The van der Waals surface area contributed by atoms with Gasteiger partial charge in [-0.15, -0.1) is 0 Å². The summed E-state index contributed by atoms with van der Waals surface area (Å²) < 4.78 is 16.1. The maximum atomic E-state index is 13.9. The molecule has 102 valence electrons. The molecule has 0 saturated heterocycles. The summed E-state index contributed by atoms with van der Waals surface area (Å²) in [6.45, 7) is 4.48. The summed E-state index contributed by atoms with van der Waals surface area (Å²) in [6, 6.07) is 11.0. The van der Waals surface area contributed by atoms with E-state index in [9.17, 15) is 4.39 Å². The van der Waals surface area contributed by atoms with Crippen molar-refractivity contribution in [1.82, 2.24) is 9.47 Å². The van der Waals surface area contributed by atoms with E-state index < -0.39 is 0 Å². The second kappa shape index (κ2) is 5.10. The molecule has 0 fully saturated rings. The van der Waals surface area contributed by atoms with Crippen LogP contribution in [-0.2, 0) is 13.1 Å². The Balaban J connectivity index is 1.84.